The van der Waals surface area contributed by atoms with E-state index in [4.69, 9.17) is 5.73 Å². The minimum Gasteiger partial charge on any atom is -0.323 e. The fourth-order valence-electron chi connectivity index (χ4n) is 1.27. The van der Waals surface area contributed by atoms with Gasteiger partial charge in [0.15, 0.2) is 0 Å². The number of nitrogens with one attached hydrogen (secondary N) is 1. The molecule has 0 spiro atoms. The molecule has 0 aromatic heterocycles. The van der Waals surface area contributed by atoms with Crippen LogP contribution in [0, 0.1) is 0 Å². The Bertz CT molecular complexity index is 516. The Hall–Kier alpha value is -1.16. The number of benzene rings is 1. The summed E-state index contributed by atoms with van der Waals surface area (Å²) in [4.78, 5) is 0. The smallest absolute Gasteiger partial charge is 0.323 e. The molecule has 1 aromatic rings. The summed E-state index contributed by atoms with van der Waals surface area (Å²) >= 11 is 0. The zero-order chi connectivity index (χ0) is 14.0. The van der Waals surface area contributed by atoms with E-state index in [1.165, 1.54) is 12.1 Å². The molecule has 1 unspecified atom stereocenters. The Morgan fingerprint density at radius 1 is 1.33 bits per heavy atom. The molecule has 102 valence electrons. The molecule has 0 fully saturated rings. The van der Waals surface area contributed by atoms with Gasteiger partial charge in [0.1, 0.15) is 0 Å². The van der Waals surface area contributed by atoms with Crippen LogP contribution in [0.5, 0.6) is 0 Å². The van der Waals surface area contributed by atoms with E-state index in [1.807, 2.05) is 4.72 Å². The van der Waals surface area contributed by atoms with Crippen molar-refractivity contribution in [1.29, 1.82) is 0 Å². The maximum absolute atomic E-state index is 12.4. The van der Waals surface area contributed by atoms with Crippen molar-refractivity contribution in [2.75, 3.05) is 6.54 Å². The molecule has 0 heterocycles. The fraction of sp³-hybridized carbons (Fsp3) is 0.333. The lowest BCUT2D eigenvalue weighted by Crippen LogP contribution is -2.36. The van der Waals surface area contributed by atoms with Crippen molar-refractivity contribution in [2.24, 2.45) is 10.9 Å². The first-order chi connectivity index (χ1) is 8.09. The largest absolute Gasteiger partial charge is 0.416 e. The van der Waals surface area contributed by atoms with Gasteiger partial charge in [0, 0.05) is 12.6 Å². The van der Waals surface area contributed by atoms with Crippen LogP contribution in [0.25, 0.3) is 0 Å². The molecule has 0 aliphatic carbocycles. The van der Waals surface area contributed by atoms with E-state index in [0.29, 0.717) is 0 Å². The summed E-state index contributed by atoms with van der Waals surface area (Å²) in [6, 6.07) is 3.45. The highest BCUT2D eigenvalue weighted by atomic mass is 32.2. The minimum atomic E-state index is -4.47. The summed E-state index contributed by atoms with van der Waals surface area (Å²) in [6.07, 6.45) is -4.47. The average molecular weight is 283 g/mol. The van der Waals surface area contributed by atoms with Crippen LogP contribution in [0.1, 0.15) is 17.2 Å². The van der Waals surface area contributed by atoms with E-state index in [0.717, 1.165) is 12.1 Å². The van der Waals surface area contributed by atoms with E-state index < -0.39 is 28.0 Å². The van der Waals surface area contributed by atoms with Crippen LogP contribution in [0.3, 0.4) is 0 Å². The molecule has 1 aromatic carbocycles. The summed E-state index contributed by atoms with van der Waals surface area (Å²) in [5.41, 5.74) is 4.89. The quantitative estimate of drug-likeness (QED) is 0.750. The van der Waals surface area contributed by atoms with E-state index >= 15 is 0 Å². The van der Waals surface area contributed by atoms with Gasteiger partial charge in [-0.2, -0.15) is 21.6 Å². The van der Waals surface area contributed by atoms with Gasteiger partial charge < -0.3 is 5.73 Å². The second kappa shape index (κ2) is 5.22. The molecule has 5 N–H and O–H groups in total. The molecule has 18 heavy (non-hydrogen) atoms. The van der Waals surface area contributed by atoms with Gasteiger partial charge in [-0.1, -0.05) is 12.1 Å². The second-order valence-electron chi connectivity index (χ2n) is 3.62. The van der Waals surface area contributed by atoms with Crippen molar-refractivity contribution in [3.63, 3.8) is 0 Å². The topological polar surface area (TPSA) is 98.2 Å². The van der Waals surface area contributed by atoms with Crippen molar-refractivity contribution >= 4 is 10.2 Å². The minimum absolute atomic E-state index is 0.168. The molecular weight excluding hydrogens is 271 g/mol. The summed E-state index contributed by atoms with van der Waals surface area (Å²) < 4.78 is 60.5. The number of nitrogens with two attached hydrogens (primary N) is 2. The Kier molecular flexibility index (Phi) is 4.32. The molecule has 0 radical (unpaired) electrons. The summed E-state index contributed by atoms with van der Waals surface area (Å²) in [7, 11) is -3.92. The first-order valence-electron chi connectivity index (χ1n) is 4.80. The van der Waals surface area contributed by atoms with Crippen LogP contribution < -0.4 is 15.6 Å². The Labute approximate surface area is 102 Å². The molecule has 0 saturated heterocycles. The molecule has 0 aliphatic rings. The molecular formula is C9H12F3N3O2S. The summed E-state index contributed by atoms with van der Waals surface area (Å²) in [5, 5.41) is 4.69. The Balaban J connectivity index is 2.84. The molecule has 0 saturated carbocycles. The lowest BCUT2D eigenvalue weighted by atomic mass is 10.0. The lowest BCUT2D eigenvalue weighted by Gasteiger charge is -2.14. The van der Waals surface area contributed by atoms with Crippen LogP contribution in [0.15, 0.2) is 24.3 Å². The third kappa shape index (κ3) is 4.61. The van der Waals surface area contributed by atoms with Crippen molar-refractivity contribution in [1.82, 2.24) is 4.72 Å². The van der Waals surface area contributed by atoms with Gasteiger partial charge in [0.2, 0.25) is 0 Å². The van der Waals surface area contributed by atoms with Crippen molar-refractivity contribution < 1.29 is 21.6 Å². The maximum atomic E-state index is 12.4. The predicted octanol–water partition coefficient (Wildman–Crippen LogP) is 0.498. The van der Waals surface area contributed by atoms with Crippen molar-refractivity contribution in [3.05, 3.63) is 35.4 Å². The lowest BCUT2D eigenvalue weighted by molar-refractivity contribution is -0.137. The van der Waals surface area contributed by atoms with Crippen LogP contribution >= 0.6 is 0 Å². The zero-order valence-electron chi connectivity index (χ0n) is 9.11. The highest BCUT2D eigenvalue weighted by molar-refractivity contribution is 7.87. The average Bonchev–Trinajstić information content (AvgIpc) is 2.24. The fourth-order valence-corrected chi connectivity index (χ4v) is 1.68. The third-order valence-corrected chi connectivity index (χ3v) is 2.72. The first-order valence-corrected chi connectivity index (χ1v) is 6.34. The Morgan fingerprint density at radius 2 is 1.94 bits per heavy atom. The van der Waals surface area contributed by atoms with Crippen LogP contribution in [0.2, 0.25) is 0 Å². The second-order valence-corrected chi connectivity index (χ2v) is 5.00. The van der Waals surface area contributed by atoms with E-state index in [2.05, 4.69) is 5.14 Å². The maximum Gasteiger partial charge on any atom is 0.416 e. The zero-order valence-corrected chi connectivity index (χ0v) is 9.92. The number of rotatable bonds is 4. The normalized spacial score (nSPS) is 14.5. The number of hydrogen-bond acceptors (Lipinski definition) is 3. The molecule has 0 amide bonds. The van der Waals surface area contributed by atoms with Gasteiger partial charge in [-0.3, -0.25) is 0 Å². The van der Waals surface area contributed by atoms with Gasteiger partial charge in [-0.25, -0.2) is 9.86 Å². The number of alkyl halides is 3. The monoisotopic (exact) mass is 283 g/mol. The summed E-state index contributed by atoms with van der Waals surface area (Å²) in [5.74, 6) is 0. The van der Waals surface area contributed by atoms with Gasteiger partial charge in [0.25, 0.3) is 10.2 Å². The SMILES string of the molecule is NC(CNS(N)(=O)=O)c1cccc(C(F)(F)F)c1. The third-order valence-electron chi connectivity index (χ3n) is 2.15. The molecule has 0 bridgehead atoms. The highest BCUT2D eigenvalue weighted by Gasteiger charge is 2.30. The standard InChI is InChI=1S/C9H12F3N3O2S/c10-9(11,12)7-3-1-2-6(4-7)8(13)5-15-18(14,16)17/h1-4,8,15H,5,13H2,(H2,14,16,17). The van der Waals surface area contributed by atoms with Gasteiger partial charge in [-0.05, 0) is 17.7 Å². The van der Waals surface area contributed by atoms with Crippen molar-refractivity contribution in [3.8, 4) is 0 Å². The first kappa shape index (κ1) is 14.9. The predicted molar refractivity (Wildman–Crippen MR) is 59.5 cm³/mol. The molecule has 1 rings (SSSR count). The molecule has 1 atom stereocenters. The van der Waals surface area contributed by atoms with Crippen LogP contribution in [-0.4, -0.2) is 15.0 Å². The highest BCUT2D eigenvalue weighted by Crippen LogP contribution is 2.30. The van der Waals surface area contributed by atoms with Crippen LogP contribution in [0.4, 0.5) is 13.2 Å². The van der Waals surface area contributed by atoms with Gasteiger partial charge in [0.05, 0.1) is 5.56 Å². The number of halogens is 3. The van der Waals surface area contributed by atoms with Gasteiger partial charge in [-0.15, -0.1) is 0 Å². The number of hydrogen-bond donors (Lipinski definition) is 3. The Morgan fingerprint density at radius 3 is 2.44 bits per heavy atom. The van der Waals surface area contributed by atoms with Crippen LogP contribution in [-0.2, 0) is 16.4 Å². The molecule has 9 heteroatoms. The van der Waals surface area contributed by atoms with Gasteiger partial charge >= 0.3 is 6.18 Å². The van der Waals surface area contributed by atoms with E-state index in [9.17, 15) is 21.6 Å². The van der Waals surface area contributed by atoms with E-state index in [1.54, 1.807) is 0 Å². The van der Waals surface area contributed by atoms with Crippen molar-refractivity contribution in [2.45, 2.75) is 12.2 Å². The molecule has 0 aliphatic heterocycles. The summed E-state index contributed by atoms with van der Waals surface area (Å²) in [6.45, 7) is -0.278. The van der Waals surface area contributed by atoms with E-state index in [-0.39, 0.29) is 12.1 Å². The molecule has 5 nitrogen and oxygen atoms in total.